The van der Waals surface area contributed by atoms with Gasteiger partial charge in [-0.1, -0.05) is 23.8 Å². The lowest BCUT2D eigenvalue weighted by Gasteiger charge is -2.00. The average Bonchev–Trinajstić information content (AvgIpc) is 2.74. The summed E-state index contributed by atoms with van der Waals surface area (Å²) in [4.78, 5) is 4.37. The van der Waals surface area contributed by atoms with Crippen LogP contribution in [0.1, 0.15) is 5.56 Å². The Morgan fingerprint density at radius 3 is 2.65 bits per heavy atom. The zero-order valence-electron chi connectivity index (χ0n) is 9.46. The molecule has 0 unspecified atom stereocenters. The first kappa shape index (κ1) is 9.84. The molecule has 0 saturated carbocycles. The lowest BCUT2D eigenvalue weighted by Crippen LogP contribution is -1.92. The molecule has 3 rings (SSSR count). The average molecular weight is 224 g/mol. The third kappa shape index (κ3) is 1.97. The van der Waals surface area contributed by atoms with E-state index in [1.165, 1.54) is 5.56 Å². The van der Waals surface area contributed by atoms with E-state index in [0.717, 1.165) is 11.3 Å². The van der Waals surface area contributed by atoms with Crippen molar-refractivity contribution in [1.82, 2.24) is 14.6 Å². The van der Waals surface area contributed by atoms with E-state index < -0.39 is 0 Å². The number of nitrogens with zero attached hydrogens (tertiary/aromatic N) is 3. The highest BCUT2D eigenvalue weighted by atomic mass is 15.3. The van der Waals surface area contributed by atoms with Gasteiger partial charge >= 0.3 is 0 Å². The van der Waals surface area contributed by atoms with Gasteiger partial charge in [0.15, 0.2) is 5.65 Å². The molecule has 1 aromatic carbocycles. The summed E-state index contributed by atoms with van der Waals surface area (Å²) in [6, 6.07) is 13.9. The molecule has 1 N–H and O–H groups in total. The second-order valence-electron chi connectivity index (χ2n) is 3.93. The number of anilines is 2. The number of nitrogens with one attached hydrogen (secondary N) is 1. The quantitative estimate of drug-likeness (QED) is 0.727. The van der Waals surface area contributed by atoms with Gasteiger partial charge in [-0.3, -0.25) is 0 Å². The molecule has 0 aliphatic rings. The summed E-state index contributed by atoms with van der Waals surface area (Å²) in [5.74, 6) is 0.611. The maximum Gasteiger partial charge on any atom is 0.247 e. The Morgan fingerprint density at radius 1 is 1.06 bits per heavy atom. The molecule has 2 aromatic heterocycles. The first-order valence-electron chi connectivity index (χ1n) is 5.46. The van der Waals surface area contributed by atoms with Gasteiger partial charge in [0, 0.05) is 11.9 Å². The Bertz CT molecular complexity index is 607. The summed E-state index contributed by atoms with van der Waals surface area (Å²) in [5, 5.41) is 7.50. The van der Waals surface area contributed by atoms with Gasteiger partial charge in [0.2, 0.25) is 5.95 Å². The topological polar surface area (TPSA) is 42.2 Å². The van der Waals surface area contributed by atoms with E-state index in [2.05, 4.69) is 34.5 Å². The van der Waals surface area contributed by atoms with Crippen LogP contribution in [-0.2, 0) is 0 Å². The molecule has 4 heteroatoms. The van der Waals surface area contributed by atoms with Gasteiger partial charge < -0.3 is 5.32 Å². The minimum Gasteiger partial charge on any atom is -0.323 e. The van der Waals surface area contributed by atoms with E-state index in [1.807, 2.05) is 36.5 Å². The molecule has 3 aromatic rings. The minimum atomic E-state index is 0.611. The Kier molecular flexibility index (Phi) is 2.26. The lowest BCUT2D eigenvalue weighted by atomic mass is 10.2. The number of aryl methyl sites for hydroxylation is 1. The molecular formula is C13H12N4. The standard InChI is InChI=1S/C13H12N4/c1-10-5-7-11(8-6-10)14-13-15-12-4-2-3-9-17(12)16-13/h2-9H,1H3,(H,14,16). The van der Waals surface area contributed by atoms with E-state index in [4.69, 9.17) is 0 Å². The maximum atomic E-state index is 4.37. The molecule has 17 heavy (non-hydrogen) atoms. The number of pyridine rings is 1. The van der Waals surface area contributed by atoms with Crippen molar-refractivity contribution in [2.45, 2.75) is 6.92 Å². The fraction of sp³-hybridized carbons (Fsp3) is 0.0769. The number of aromatic nitrogens is 3. The predicted molar refractivity (Wildman–Crippen MR) is 67.4 cm³/mol. The molecule has 4 nitrogen and oxygen atoms in total. The van der Waals surface area contributed by atoms with E-state index >= 15 is 0 Å². The first-order chi connectivity index (χ1) is 8.31. The molecule has 0 aliphatic carbocycles. The van der Waals surface area contributed by atoms with Gasteiger partial charge in [0.25, 0.3) is 0 Å². The monoisotopic (exact) mass is 224 g/mol. The van der Waals surface area contributed by atoms with Crippen LogP contribution in [0.2, 0.25) is 0 Å². The van der Waals surface area contributed by atoms with Crippen LogP contribution in [0.4, 0.5) is 11.6 Å². The zero-order chi connectivity index (χ0) is 11.7. The molecule has 0 fully saturated rings. The van der Waals surface area contributed by atoms with Crippen LogP contribution < -0.4 is 5.32 Å². The summed E-state index contributed by atoms with van der Waals surface area (Å²) in [6.45, 7) is 2.06. The third-order valence-electron chi connectivity index (χ3n) is 2.55. The van der Waals surface area contributed by atoms with Crippen LogP contribution in [0, 0.1) is 6.92 Å². The fourth-order valence-electron chi connectivity index (χ4n) is 1.65. The number of rotatable bonds is 2. The number of hydrogen-bond acceptors (Lipinski definition) is 3. The second-order valence-corrected chi connectivity index (χ2v) is 3.93. The summed E-state index contributed by atoms with van der Waals surface area (Å²) >= 11 is 0. The molecular weight excluding hydrogens is 212 g/mol. The third-order valence-corrected chi connectivity index (χ3v) is 2.55. The maximum absolute atomic E-state index is 4.37. The van der Waals surface area contributed by atoms with Crippen molar-refractivity contribution in [2.75, 3.05) is 5.32 Å². The van der Waals surface area contributed by atoms with Crippen molar-refractivity contribution < 1.29 is 0 Å². The largest absolute Gasteiger partial charge is 0.323 e. The second kappa shape index (κ2) is 3.90. The van der Waals surface area contributed by atoms with Crippen molar-refractivity contribution in [2.24, 2.45) is 0 Å². The van der Waals surface area contributed by atoms with Crippen LogP contribution in [0.5, 0.6) is 0 Å². The number of fused-ring (bicyclic) bond motifs is 1. The molecule has 0 saturated heterocycles. The van der Waals surface area contributed by atoms with Crippen LogP contribution in [0.3, 0.4) is 0 Å². The minimum absolute atomic E-state index is 0.611. The van der Waals surface area contributed by atoms with Gasteiger partial charge in [-0.05, 0) is 31.2 Å². The van der Waals surface area contributed by atoms with E-state index in [0.29, 0.717) is 5.95 Å². The van der Waals surface area contributed by atoms with Crippen molar-refractivity contribution in [3.8, 4) is 0 Å². The summed E-state index contributed by atoms with van der Waals surface area (Å²) < 4.78 is 1.75. The molecule has 84 valence electrons. The molecule has 0 radical (unpaired) electrons. The van der Waals surface area contributed by atoms with Crippen molar-refractivity contribution in [1.29, 1.82) is 0 Å². The highest BCUT2D eigenvalue weighted by molar-refractivity contribution is 5.55. The summed E-state index contributed by atoms with van der Waals surface area (Å²) in [7, 11) is 0. The van der Waals surface area contributed by atoms with Crippen LogP contribution in [-0.4, -0.2) is 14.6 Å². The SMILES string of the molecule is Cc1ccc(Nc2nc3ccccn3n2)cc1. The fourth-order valence-corrected chi connectivity index (χ4v) is 1.65. The van der Waals surface area contributed by atoms with Gasteiger partial charge in [0.1, 0.15) is 0 Å². The Balaban J connectivity index is 1.92. The molecule has 0 bridgehead atoms. The smallest absolute Gasteiger partial charge is 0.247 e. The van der Waals surface area contributed by atoms with Crippen molar-refractivity contribution in [3.05, 3.63) is 54.2 Å². The van der Waals surface area contributed by atoms with Crippen LogP contribution in [0.25, 0.3) is 5.65 Å². The van der Waals surface area contributed by atoms with Gasteiger partial charge in [-0.2, -0.15) is 4.98 Å². The number of hydrogen-bond donors (Lipinski definition) is 1. The van der Waals surface area contributed by atoms with Crippen molar-refractivity contribution >= 4 is 17.3 Å². The highest BCUT2D eigenvalue weighted by Gasteiger charge is 2.02. The molecule has 2 heterocycles. The first-order valence-corrected chi connectivity index (χ1v) is 5.46. The zero-order valence-corrected chi connectivity index (χ0v) is 9.46. The summed E-state index contributed by atoms with van der Waals surface area (Å²) in [5.41, 5.74) is 3.06. The molecule has 0 aliphatic heterocycles. The van der Waals surface area contributed by atoms with E-state index in [1.54, 1.807) is 4.52 Å². The van der Waals surface area contributed by atoms with Gasteiger partial charge in [-0.15, -0.1) is 5.10 Å². The summed E-state index contributed by atoms with van der Waals surface area (Å²) in [6.07, 6.45) is 1.88. The van der Waals surface area contributed by atoms with Crippen LogP contribution in [0.15, 0.2) is 48.7 Å². The molecule has 0 atom stereocenters. The van der Waals surface area contributed by atoms with Gasteiger partial charge in [-0.25, -0.2) is 4.52 Å². The van der Waals surface area contributed by atoms with Gasteiger partial charge in [0.05, 0.1) is 0 Å². The molecule has 0 amide bonds. The van der Waals surface area contributed by atoms with Crippen LogP contribution >= 0.6 is 0 Å². The number of benzene rings is 1. The van der Waals surface area contributed by atoms with E-state index in [-0.39, 0.29) is 0 Å². The van der Waals surface area contributed by atoms with E-state index in [9.17, 15) is 0 Å². The predicted octanol–water partition coefficient (Wildman–Crippen LogP) is 2.78. The Labute approximate surface area is 98.9 Å². The highest BCUT2D eigenvalue weighted by Crippen LogP contribution is 2.14. The Morgan fingerprint density at radius 2 is 1.88 bits per heavy atom. The lowest BCUT2D eigenvalue weighted by molar-refractivity contribution is 0.965. The normalized spacial score (nSPS) is 10.6. The Hall–Kier alpha value is -2.36. The van der Waals surface area contributed by atoms with Crippen molar-refractivity contribution in [3.63, 3.8) is 0 Å². The molecule has 0 spiro atoms.